The number of benzene rings is 4. The summed E-state index contributed by atoms with van der Waals surface area (Å²) in [5.41, 5.74) is 0.415. The van der Waals surface area contributed by atoms with Crippen LogP contribution in [-0.2, 0) is 35.1 Å². The molecule has 0 radical (unpaired) electrons. The van der Waals surface area contributed by atoms with Crippen LogP contribution in [0.3, 0.4) is 0 Å². The minimum absolute atomic E-state index is 0.0708. The summed E-state index contributed by atoms with van der Waals surface area (Å²) in [6.07, 6.45) is -1.36. The van der Waals surface area contributed by atoms with Gasteiger partial charge < -0.3 is 19.9 Å². The van der Waals surface area contributed by atoms with Crippen molar-refractivity contribution in [3.8, 4) is 0 Å². The zero-order valence-electron chi connectivity index (χ0n) is 26.6. The minimum atomic E-state index is -3.39. The lowest BCUT2D eigenvalue weighted by Gasteiger charge is -2.48. The van der Waals surface area contributed by atoms with E-state index in [1.54, 1.807) is 84.9 Å². The Hall–Kier alpha value is -4.25. The molecule has 2 unspecified atom stereocenters. The normalized spacial score (nSPS) is 15.7. The lowest BCUT2D eigenvalue weighted by molar-refractivity contribution is -0.144. The van der Waals surface area contributed by atoms with E-state index < -0.39 is 64.4 Å². The summed E-state index contributed by atoms with van der Waals surface area (Å²) < 4.78 is 7.70. The Kier molecular flexibility index (Phi) is 12.5. The van der Waals surface area contributed by atoms with E-state index in [1.807, 2.05) is 36.4 Å². The zero-order chi connectivity index (χ0) is 36.6. The maximum atomic E-state index is 14.3. The number of rotatable bonds is 12. The van der Waals surface area contributed by atoms with E-state index >= 15 is 0 Å². The number of carbonyl (C=O) groups excluding carboxylic acids is 4. The molecular weight excluding hydrogens is 758 g/mol. The molecule has 2 atom stereocenters. The molecule has 5 rings (SSSR count). The first-order valence-corrected chi connectivity index (χ1v) is 19.1. The summed E-state index contributed by atoms with van der Waals surface area (Å²) >= 11 is 17.4. The number of carboxylic acids is 1. The fourth-order valence-electron chi connectivity index (χ4n) is 5.59. The number of likely N-dealkylation sites (tertiary alicyclic amines) is 1. The molecule has 51 heavy (non-hydrogen) atoms. The number of amides is 2. The lowest BCUT2D eigenvalue weighted by Crippen LogP contribution is -2.72. The van der Waals surface area contributed by atoms with Gasteiger partial charge in [-0.15, -0.1) is 0 Å². The van der Waals surface area contributed by atoms with Gasteiger partial charge in [-0.05, 0) is 21.5 Å². The molecule has 1 saturated heterocycles. The van der Waals surface area contributed by atoms with Crippen LogP contribution < -0.4 is 21.2 Å². The molecule has 0 aromatic heterocycles. The van der Waals surface area contributed by atoms with Gasteiger partial charge in [-0.3, -0.25) is 19.3 Å². The lowest BCUT2D eigenvalue weighted by atomic mass is 10.1. The van der Waals surface area contributed by atoms with Crippen LogP contribution in [0.2, 0.25) is 0 Å². The van der Waals surface area contributed by atoms with Crippen molar-refractivity contribution in [2.75, 3.05) is 13.2 Å². The van der Waals surface area contributed by atoms with Gasteiger partial charge in [0.25, 0.3) is 5.91 Å². The molecule has 0 spiro atoms. The number of nitrogens with one attached hydrogen (secondary N) is 1. The molecular formula is C36H30Cl3N2O8PS. The van der Waals surface area contributed by atoms with E-state index in [9.17, 15) is 29.1 Å². The van der Waals surface area contributed by atoms with Gasteiger partial charge in [0.05, 0.1) is 6.42 Å². The molecule has 264 valence electrons. The van der Waals surface area contributed by atoms with Crippen molar-refractivity contribution in [1.82, 2.24) is 10.2 Å². The molecule has 2 N–H and O–H groups in total. The molecule has 1 fully saturated rings. The zero-order valence-corrected chi connectivity index (χ0v) is 30.5. The van der Waals surface area contributed by atoms with E-state index in [0.29, 0.717) is 33.2 Å². The van der Waals surface area contributed by atoms with E-state index in [4.69, 9.17) is 44.3 Å². The molecule has 4 aromatic carbocycles. The van der Waals surface area contributed by atoms with Crippen molar-refractivity contribution >= 4 is 104 Å². The number of hydrogen-bond donors (Lipinski definition) is 2. The predicted octanol–water partition coefficient (Wildman–Crippen LogP) is 4.87. The van der Waals surface area contributed by atoms with Crippen LogP contribution in [-0.4, -0.2) is 72.9 Å². The first-order valence-electron chi connectivity index (χ1n) is 15.3. The Bertz CT molecular complexity index is 1850. The quantitative estimate of drug-likeness (QED) is 0.0892. The number of halogens is 3. The second kappa shape index (κ2) is 16.8. The minimum Gasteiger partial charge on any atom is -0.477 e. The Morgan fingerprint density at radius 1 is 0.765 bits per heavy atom. The number of β-lactam (4-membered cyclic amide) rings is 1. The second-order valence-corrected chi connectivity index (χ2v) is 18.0. The van der Waals surface area contributed by atoms with Crippen LogP contribution in [0, 0.1) is 0 Å². The van der Waals surface area contributed by atoms with Crippen molar-refractivity contribution in [2.24, 2.45) is 0 Å². The highest BCUT2D eigenvalue weighted by Gasteiger charge is 2.55. The largest absolute Gasteiger partial charge is 0.508 e. The van der Waals surface area contributed by atoms with Gasteiger partial charge in [0.15, 0.2) is 6.61 Å². The van der Waals surface area contributed by atoms with Crippen molar-refractivity contribution < 1.29 is 38.6 Å². The third kappa shape index (κ3) is 8.98. The molecule has 4 aromatic rings. The Morgan fingerprint density at radius 2 is 1.24 bits per heavy atom. The Morgan fingerprint density at radius 3 is 1.69 bits per heavy atom. The summed E-state index contributed by atoms with van der Waals surface area (Å²) in [6, 6.07) is 34.5. The van der Waals surface area contributed by atoms with Gasteiger partial charge in [-0.25, -0.2) is 9.59 Å². The highest BCUT2D eigenvalue weighted by molar-refractivity contribution is 8.14. The van der Waals surface area contributed by atoms with Crippen LogP contribution in [0.25, 0.3) is 0 Å². The molecule has 0 saturated carbocycles. The first kappa shape index (κ1) is 38.0. The van der Waals surface area contributed by atoms with Crippen LogP contribution in [0.15, 0.2) is 121 Å². The van der Waals surface area contributed by atoms with Gasteiger partial charge >= 0.3 is 12.1 Å². The number of ether oxygens (including phenoxy) is 2. The fourth-order valence-corrected chi connectivity index (χ4v) is 11.2. The number of carboxylic acid groups (broad SMARTS) is 1. The predicted molar refractivity (Wildman–Crippen MR) is 201 cm³/mol. The van der Waals surface area contributed by atoms with Crippen molar-refractivity contribution in [3.63, 3.8) is 0 Å². The van der Waals surface area contributed by atoms with Crippen molar-refractivity contribution in [3.05, 3.63) is 127 Å². The smallest absolute Gasteiger partial charge is 0.477 e. The highest BCUT2D eigenvalue weighted by Crippen LogP contribution is 2.49. The molecule has 1 aliphatic rings. The van der Waals surface area contributed by atoms with Crippen LogP contribution in [0.1, 0.15) is 5.56 Å². The number of carbonyl (C=O) groups is 5. The molecule has 1 aliphatic heterocycles. The highest BCUT2D eigenvalue weighted by atomic mass is 35.6. The fraction of sp³-hybridized carbons (Fsp3) is 0.167. The number of thioether (sulfide) groups is 1. The van der Waals surface area contributed by atoms with Gasteiger partial charge in [0.1, 0.15) is 23.4 Å². The molecule has 1 heterocycles. The average molecular weight is 788 g/mol. The summed E-state index contributed by atoms with van der Waals surface area (Å²) in [6.45, 7) is -4.86. The third-order valence-corrected chi connectivity index (χ3v) is 13.3. The van der Waals surface area contributed by atoms with Crippen LogP contribution in [0.5, 0.6) is 0 Å². The topological polar surface area (TPSA) is 139 Å². The van der Waals surface area contributed by atoms with Gasteiger partial charge in [-0.2, -0.15) is 0 Å². The van der Waals surface area contributed by atoms with E-state index in [0.717, 1.165) is 4.90 Å². The summed E-state index contributed by atoms with van der Waals surface area (Å²) in [5.74, 6) is -2.64. The molecule has 0 aliphatic carbocycles. The maximum Gasteiger partial charge on any atom is 0.508 e. The SMILES string of the molecule is O=C(Cc1ccccc1)NC1C(=O)N(C(C(=O)O)=P(c2ccccc2)(c2ccccc2)c2ccccc2)C1SC(=O)COC(=O)OCC(Cl)(Cl)Cl. The van der Waals surface area contributed by atoms with Crippen LogP contribution >= 0.6 is 53.5 Å². The Balaban J connectivity index is 1.62. The molecule has 2 amide bonds. The number of alkyl halides is 3. The molecule has 0 bridgehead atoms. The number of nitrogens with zero attached hydrogens (tertiary/aromatic N) is 1. The molecule has 15 heteroatoms. The third-order valence-electron chi connectivity index (χ3n) is 7.65. The number of aliphatic carboxylic acids is 1. The van der Waals surface area contributed by atoms with Crippen LogP contribution in [0.4, 0.5) is 4.79 Å². The van der Waals surface area contributed by atoms with Gasteiger partial charge in [0.2, 0.25) is 14.8 Å². The van der Waals surface area contributed by atoms with Gasteiger partial charge in [0, 0.05) is 6.89 Å². The Labute approximate surface area is 312 Å². The van der Waals surface area contributed by atoms with Crippen molar-refractivity contribution in [1.29, 1.82) is 0 Å². The standard InChI is InChI=1S/C36H30Cl3N2O8PS/c37-36(38,39)23-49-35(47)48-22-29(43)51-33-30(40-28(42)21-24-13-5-1-6-14-24)31(44)41(33)32(34(45)46)50(25-15-7-2-8-16-25,26-17-9-3-10-18-26)27-19-11-4-12-20-27/h1-20,30,33H,21-23H2,(H,40,42)(H,45,46). The van der Waals surface area contributed by atoms with E-state index in [2.05, 4.69) is 5.32 Å². The number of hydrogen-bond acceptors (Lipinski definition) is 8. The second-order valence-electron chi connectivity index (χ2n) is 11.0. The maximum absolute atomic E-state index is 14.3. The first-order chi connectivity index (χ1) is 24.4. The van der Waals surface area contributed by atoms with E-state index in [-0.39, 0.29) is 11.8 Å². The molecule has 10 nitrogen and oxygen atoms in total. The van der Waals surface area contributed by atoms with E-state index in [1.165, 1.54) is 0 Å². The summed E-state index contributed by atoms with van der Waals surface area (Å²) in [5, 5.41) is 13.8. The van der Waals surface area contributed by atoms with Crippen molar-refractivity contribution in [2.45, 2.75) is 21.6 Å². The average Bonchev–Trinajstić information content (AvgIpc) is 3.13. The van der Waals surface area contributed by atoms with Gasteiger partial charge in [-0.1, -0.05) is 168 Å². The summed E-state index contributed by atoms with van der Waals surface area (Å²) in [4.78, 5) is 67.7. The monoisotopic (exact) mass is 786 g/mol. The summed E-state index contributed by atoms with van der Waals surface area (Å²) in [7, 11) is 0.